The summed E-state index contributed by atoms with van der Waals surface area (Å²) >= 11 is 0. The van der Waals surface area contributed by atoms with Gasteiger partial charge in [-0.15, -0.1) is 0 Å². The number of aromatic nitrogens is 4. The highest BCUT2D eigenvalue weighted by Gasteiger charge is 2.34. The highest BCUT2D eigenvalue weighted by atomic mass is 16.2. The van der Waals surface area contributed by atoms with Gasteiger partial charge < -0.3 is 10.2 Å². The number of benzene rings is 1. The molecule has 0 atom stereocenters. The summed E-state index contributed by atoms with van der Waals surface area (Å²) in [5.74, 6) is 1.83. The predicted molar refractivity (Wildman–Crippen MR) is 125 cm³/mol. The van der Waals surface area contributed by atoms with Crippen molar-refractivity contribution in [3.63, 3.8) is 0 Å². The Hall–Kier alpha value is -3.22. The summed E-state index contributed by atoms with van der Waals surface area (Å²) in [5, 5.41) is 7.71. The lowest BCUT2D eigenvalue weighted by Gasteiger charge is -2.22. The van der Waals surface area contributed by atoms with Gasteiger partial charge in [0.1, 0.15) is 11.5 Å². The molecule has 0 unspecified atom stereocenters. The molecular formula is C25H30N6O. The summed E-state index contributed by atoms with van der Waals surface area (Å²) in [4.78, 5) is 24.3. The number of fused-ring (bicyclic) bond motifs is 1. The fraction of sp³-hybridized carbons (Fsp3) is 0.440. The normalized spacial score (nSPS) is 16.6. The third-order valence-corrected chi connectivity index (χ3v) is 6.64. The molecule has 2 aliphatic rings. The van der Waals surface area contributed by atoms with Crippen molar-refractivity contribution in [3.05, 3.63) is 53.5 Å². The lowest BCUT2D eigenvalue weighted by atomic mass is 9.84. The van der Waals surface area contributed by atoms with Crippen LogP contribution in [0.3, 0.4) is 0 Å². The molecule has 1 aromatic carbocycles. The molecule has 1 N–H and O–H groups in total. The van der Waals surface area contributed by atoms with E-state index in [-0.39, 0.29) is 11.9 Å². The number of rotatable bonds is 5. The van der Waals surface area contributed by atoms with Crippen LogP contribution in [0.1, 0.15) is 73.5 Å². The molecule has 0 spiro atoms. The van der Waals surface area contributed by atoms with Crippen molar-refractivity contribution in [2.45, 2.75) is 64.5 Å². The number of hydrogen-bond donors (Lipinski definition) is 1. The van der Waals surface area contributed by atoms with Crippen LogP contribution < -0.4 is 5.32 Å². The first-order valence-corrected chi connectivity index (χ1v) is 11.6. The van der Waals surface area contributed by atoms with Crippen LogP contribution in [-0.2, 0) is 13.6 Å². The maximum absolute atomic E-state index is 13.0. The van der Waals surface area contributed by atoms with E-state index in [1.54, 1.807) is 10.9 Å². The van der Waals surface area contributed by atoms with E-state index in [1.165, 1.54) is 37.7 Å². The molecule has 2 aromatic heterocycles. The van der Waals surface area contributed by atoms with Crippen molar-refractivity contribution in [1.29, 1.82) is 0 Å². The molecule has 1 amide bonds. The van der Waals surface area contributed by atoms with E-state index in [4.69, 9.17) is 4.98 Å². The molecule has 5 rings (SSSR count). The fourth-order valence-electron chi connectivity index (χ4n) is 4.79. The first-order chi connectivity index (χ1) is 15.5. The number of carbonyl (C=O) groups excluding carboxylic acids is 1. The molecule has 166 valence electrons. The molecule has 0 bridgehead atoms. The van der Waals surface area contributed by atoms with Crippen LogP contribution in [0, 0.1) is 0 Å². The third kappa shape index (κ3) is 3.87. The van der Waals surface area contributed by atoms with Crippen LogP contribution in [0.5, 0.6) is 0 Å². The average Bonchev–Trinajstić information content (AvgIpc) is 3.38. The van der Waals surface area contributed by atoms with Crippen molar-refractivity contribution in [1.82, 2.24) is 24.6 Å². The van der Waals surface area contributed by atoms with Gasteiger partial charge in [0.2, 0.25) is 0 Å². The summed E-state index contributed by atoms with van der Waals surface area (Å²) in [6.45, 7) is 4.56. The van der Waals surface area contributed by atoms with Gasteiger partial charge >= 0.3 is 0 Å². The molecule has 1 aliphatic carbocycles. The number of amides is 1. The number of nitrogens with zero attached hydrogens (tertiary/aromatic N) is 5. The van der Waals surface area contributed by atoms with Gasteiger partial charge in [0.15, 0.2) is 5.82 Å². The highest BCUT2D eigenvalue weighted by molar-refractivity contribution is 5.98. The number of anilines is 2. The first kappa shape index (κ1) is 20.7. The Kier molecular flexibility index (Phi) is 5.41. The fourth-order valence-corrected chi connectivity index (χ4v) is 4.79. The second-order valence-electron chi connectivity index (χ2n) is 9.23. The molecule has 1 fully saturated rings. The molecule has 7 nitrogen and oxygen atoms in total. The standard InChI is InChI=1S/C25H30N6O/c1-16(2)31-15-21-22(25(31)32)28-23(19-13-26-30(3)14-19)29-24(21)27-20-11-9-18(10-12-20)17-7-5-4-6-8-17/h9-14,16-17H,4-8,15H2,1-3H3,(H,27,28,29). The summed E-state index contributed by atoms with van der Waals surface area (Å²) < 4.78 is 1.71. The van der Waals surface area contributed by atoms with Crippen LogP contribution in [0.4, 0.5) is 11.5 Å². The topological polar surface area (TPSA) is 75.9 Å². The zero-order valence-electron chi connectivity index (χ0n) is 19.0. The van der Waals surface area contributed by atoms with Crippen molar-refractivity contribution in [2.24, 2.45) is 7.05 Å². The molecule has 0 saturated heterocycles. The molecule has 7 heteroatoms. The smallest absolute Gasteiger partial charge is 0.273 e. The number of nitrogens with one attached hydrogen (secondary N) is 1. The third-order valence-electron chi connectivity index (χ3n) is 6.64. The minimum Gasteiger partial charge on any atom is -0.340 e. The van der Waals surface area contributed by atoms with Gasteiger partial charge in [0, 0.05) is 30.5 Å². The van der Waals surface area contributed by atoms with Crippen molar-refractivity contribution in [3.8, 4) is 11.4 Å². The Morgan fingerprint density at radius 1 is 1.06 bits per heavy atom. The first-order valence-electron chi connectivity index (χ1n) is 11.6. The van der Waals surface area contributed by atoms with Gasteiger partial charge in [-0.3, -0.25) is 9.48 Å². The summed E-state index contributed by atoms with van der Waals surface area (Å²) in [7, 11) is 1.86. The predicted octanol–water partition coefficient (Wildman–Crippen LogP) is 5.03. The van der Waals surface area contributed by atoms with Crippen molar-refractivity contribution >= 4 is 17.4 Å². The van der Waals surface area contributed by atoms with Gasteiger partial charge in [-0.1, -0.05) is 31.4 Å². The van der Waals surface area contributed by atoms with Gasteiger partial charge in [0.25, 0.3) is 5.91 Å². The lowest BCUT2D eigenvalue weighted by molar-refractivity contribution is 0.0726. The van der Waals surface area contributed by atoms with Gasteiger partial charge in [-0.2, -0.15) is 5.10 Å². The largest absolute Gasteiger partial charge is 0.340 e. The van der Waals surface area contributed by atoms with E-state index in [9.17, 15) is 4.79 Å². The van der Waals surface area contributed by atoms with Crippen LogP contribution in [0.15, 0.2) is 36.7 Å². The monoisotopic (exact) mass is 430 g/mol. The molecule has 32 heavy (non-hydrogen) atoms. The van der Waals surface area contributed by atoms with Crippen LogP contribution in [-0.4, -0.2) is 36.6 Å². The van der Waals surface area contributed by atoms with Crippen LogP contribution in [0.2, 0.25) is 0 Å². The molecule has 1 saturated carbocycles. The van der Waals surface area contributed by atoms with E-state index in [2.05, 4.69) is 39.7 Å². The molecule has 0 radical (unpaired) electrons. The van der Waals surface area contributed by atoms with E-state index in [1.807, 2.05) is 32.0 Å². The SMILES string of the molecule is CC(C)N1Cc2c(Nc3ccc(C4CCCCC4)cc3)nc(-c3cnn(C)c3)nc2C1=O. The maximum atomic E-state index is 13.0. The minimum atomic E-state index is -0.0433. The Morgan fingerprint density at radius 2 is 1.81 bits per heavy atom. The van der Waals surface area contributed by atoms with Gasteiger partial charge in [-0.25, -0.2) is 9.97 Å². The summed E-state index contributed by atoms with van der Waals surface area (Å²) in [5.41, 5.74) is 4.52. The average molecular weight is 431 g/mol. The molecule has 3 heterocycles. The Morgan fingerprint density at radius 3 is 2.47 bits per heavy atom. The Bertz CT molecular complexity index is 1130. The molecule has 3 aromatic rings. The second kappa shape index (κ2) is 8.37. The molecule has 1 aliphatic heterocycles. The Labute approximate surface area is 188 Å². The van der Waals surface area contributed by atoms with Crippen LogP contribution >= 0.6 is 0 Å². The number of aryl methyl sites for hydroxylation is 1. The highest BCUT2D eigenvalue weighted by Crippen LogP contribution is 2.35. The van der Waals surface area contributed by atoms with Gasteiger partial charge in [0.05, 0.1) is 18.3 Å². The number of carbonyl (C=O) groups is 1. The molecular weight excluding hydrogens is 400 g/mol. The van der Waals surface area contributed by atoms with E-state index in [0.717, 1.165) is 16.8 Å². The van der Waals surface area contributed by atoms with Gasteiger partial charge in [-0.05, 0) is 50.3 Å². The zero-order chi connectivity index (χ0) is 22.2. The summed E-state index contributed by atoms with van der Waals surface area (Å²) in [6.07, 6.45) is 10.2. The second-order valence-corrected chi connectivity index (χ2v) is 9.23. The van der Waals surface area contributed by atoms with E-state index < -0.39 is 0 Å². The van der Waals surface area contributed by atoms with E-state index >= 15 is 0 Å². The maximum Gasteiger partial charge on any atom is 0.273 e. The van der Waals surface area contributed by atoms with E-state index in [0.29, 0.717) is 29.8 Å². The zero-order valence-corrected chi connectivity index (χ0v) is 19.0. The van der Waals surface area contributed by atoms with Crippen LogP contribution in [0.25, 0.3) is 11.4 Å². The van der Waals surface area contributed by atoms with Crippen molar-refractivity contribution < 1.29 is 4.79 Å². The minimum absolute atomic E-state index is 0.0433. The lowest BCUT2D eigenvalue weighted by Crippen LogP contribution is -2.31. The summed E-state index contributed by atoms with van der Waals surface area (Å²) in [6, 6.07) is 8.81. The van der Waals surface area contributed by atoms with Crippen molar-refractivity contribution in [2.75, 3.05) is 5.32 Å². The Balaban J connectivity index is 1.48. The number of hydrogen-bond acceptors (Lipinski definition) is 5. The quantitative estimate of drug-likeness (QED) is 0.614.